The highest BCUT2D eigenvalue weighted by molar-refractivity contribution is 7.89. The first-order chi connectivity index (χ1) is 9.40. The molecular formula is C12H18N2O5S. The second-order valence-electron chi connectivity index (χ2n) is 4.69. The molecule has 1 aliphatic heterocycles. The first kappa shape index (κ1) is 15.0. The molecule has 0 unspecified atom stereocenters. The third-order valence-electron chi connectivity index (χ3n) is 3.29. The minimum Gasteiger partial charge on any atom is -0.461 e. The number of carbonyl (C=O) groups excluding carboxylic acids is 1. The largest absolute Gasteiger partial charge is 0.461 e. The molecule has 20 heavy (non-hydrogen) atoms. The Hall–Kier alpha value is -1.38. The lowest BCUT2D eigenvalue weighted by molar-refractivity contribution is 0.0514. The summed E-state index contributed by atoms with van der Waals surface area (Å²) in [7, 11) is -2.12. The van der Waals surface area contributed by atoms with Crippen LogP contribution in [0.3, 0.4) is 0 Å². The summed E-state index contributed by atoms with van der Waals surface area (Å²) in [5, 5.41) is 9.16. The highest BCUT2D eigenvalue weighted by atomic mass is 32.2. The predicted octanol–water partition coefficient (Wildman–Crippen LogP) is -0.213. The van der Waals surface area contributed by atoms with Crippen LogP contribution in [0.5, 0.6) is 0 Å². The van der Waals surface area contributed by atoms with Gasteiger partial charge in [0.05, 0.1) is 13.2 Å². The first-order valence-corrected chi connectivity index (χ1v) is 7.87. The molecule has 2 N–H and O–H groups in total. The zero-order chi connectivity index (χ0) is 14.9. The number of rotatable bonds is 3. The van der Waals surface area contributed by atoms with Crippen molar-refractivity contribution >= 4 is 16.0 Å². The van der Waals surface area contributed by atoms with E-state index in [1.165, 1.54) is 10.8 Å². The van der Waals surface area contributed by atoms with Crippen LogP contribution >= 0.6 is 0 Å². The Kier molecular flexibility index (Phi) is 4.17. The van der Waals surface area contributed by atoms with Crippen molar-refractivity contribution in [1.29, 1.82) is 0 Å². The lowest BCUT2D eigenvalue weighted by atomic mass is 10.1. The number of esters is 1. The van der Waals surface area contributed by atoms with Gasteiger partial charge in [0.25, 0.3) is 0 Å². The Labute approximate surface area is 117 Å². The van der Waals surface area contributed by atoms with E-state index >= 15 is 0 Å². The van der Waals surface area contributed by atoms with E-state index in [4.69, 9.17) is 9.84 Å². The fourth-order valence-corrected chi connectivity index (χ4v) is 3.95. The van der Waals surface area contributed by atoms with Crippen LogP contribution in [0.1, 0.15) is 29.4 Å². The molecule has 0 spiro atoms. The second-order valence-corrected chi connectivity index (χ2v) is 6.37. The Morgan fingerprint density at radius 3 is 2.90 bits per heavy atom. The molecule has 0 aromatic carbocycles. The maximum Gasteiger partial charge on any atom is 0.355 e. The van der Waals surface area contributed by atoms with Gasteiger partial charge in [0.1, 0.15) is 10.6 Å². The fourth-order valence-electron chi connectivity index (χ4n) is 2.38. The van der Waals surface area contributed by atoms with Gasteiger partial charge in [-0.1, -0.05) is 0 Å². The van der Waals surface area contributed by atoms with Gasteiger partial charge in [0.15, 0.2) is 0 Å². The van der Waals surface area contributed by atoms with Crippen molar-refractivity contribution in [2.24, 2.45) is 7.05 Å². The smallest absolute Gasteiger partial charge is 0.355 e. The Balaban J connectivity index is 2.52. The summed E-state index contributed by atoms with van der Waals surface area (Å²) < 4.78 is 33.3. The monoisotopic (exact) mass is 302 g/mol. The van der Waals surface area contributed by atoms with E-state index in [1.807, 2.05) is 0 Å². The molecule has 112 valence electrons. The summed E-state index contributed by atoms with van der Waals surface area (Å²) in [4.78, 5) is 12.0. The van der Waals surface area contributed by atoms with Crippen LogP contribution in [0.4, 0.5) is 0 Å². The van der Waals surface area contributed by atoms with Crippen LogP contribution < -0.4 is 4.72 Å². The van der Waals surface area contributed by atoms with E-state index in [1.54, 1.807) is 14.0 Å². The maximum atomic E-state index is 12.2. The van der Waals surface area contributed by atoms with E-state index in [0.717, 1.165) is 0 Å². The van der Waals surface area contributed by atoms with Gasteiger partial charge in [-0.25, -0.2) is 17.9 Å². The van der Waals surface area contributed by atoms with Gasteiger partial charge in [-0.3, -0.25) is 0 Å². The Morgan fingerprint density at radius 2 is 2.30 bits per heavy atom. The summed E-state index contributed by atoms with van der Waals surface area (Å²) in [6, 6.07) is -0.534. The van der Waals surface area contributed by atoms with Crippen molar-refractivity contribution in [3.8, 4) is 0 Å². The number of hydrogen-bond donors (Lipinski definition) is 2. The van der Waals surface area contributed by atoms with Crippen LogP contribution in [-0.4, -0.2) is 43.3 Å². The molecule has 8 heteroatoms. The van der Waals surface area contributed by atoms with Gasteiger partial charge in [-0.05, 0) is 19.8 Å². The molecule has 0 amide bonds. The fraction of sp³-hybridized carbons (Fsp3) is 0.583. The van der Waals surface area contributed by atoms with Crippen molar-refractivity contribution in [2.45, 2.75) is 30.7 Å². The van der Waals surface area contributed by atoms with Gasteiger partial charge in [-0.2, -0.15) is 0 Å². The van der Waals surface area contributed by atoms with Gasteiger partial charge in [0.2, 0.25) is 10.0 Å². The SMILES string of the molecule is CCOC(=O)c1c2c(cn1C)S(=O)(=O)N[C@@H](CO)CC2. The van der Waals surface area contributed by atoms with Crippen LogP contribution in [0.2, 0.25) is 0 Å². The standard InChI is InChI=1S/C12H18N2O5S/c1-3-19-12(16)11-9-5-4-8(7-15)13-20(17,18)10(9)6-14(11)2/h6,8,13,15H,3-5,7H2,1-2H3/t8-/m1/s1. The number of ether oxygens (including phenoxy) is 1. The van der Waals surface area contributed by atoms with E-state index in [0.29, 0.717) is 18.4 Å². The minimum atomic E-state index is -3.73. The lowest BCUT2D eigenvalue weighted by Crippen LogP contribution is -2.36. The van der Waals surface area contributed by atoms with Crippen molar-refractivity contribution in [3.63, 3.8) is 0 Å². The molecule has 0 bridgehead atoms. The van der Waals surface area contributed by atoms with Gasteiger partial charge in [-0.15, -0.1) is 0 Å². The number of aliphatic hydroxyl groups is 1. The summed E-state index contributed by atoms with van der Waals surface area (Å²) in [6.45, 7) is 1.65. The van der Waals surface area contributed by atoms with E-state index in [9.17, 15) is 13.2 Å². The summed E-state index contributed by atoms with van der Waals surface area (Å²) in [5.74, 6) is -0.533. The summed E-state index contributed by atoms with van der Waals surface area (Å²) in [6.07, 6.45) is 2.23. The number of nitrogens with one attached hydrogen (secondary N) is 1. The number of fused-ring (bicyclic) bond motifs is 1. The molecule has 0 saturated carbocycles. The van der Waals surface area contributed by atoms with Crippen LogP contribution in [0.15, 0.2) is 11.1 Å². The van der Waals surface area contributed by atoms with E-state index < -0.39 is 22.0 Å². The Morgan fingerprint density at radius 1 is 1.60 bits per heavy atom. The zero-order valence-corrected chi connectivity index (χ0v) is 12.2. The number of aromatic nitrogens is 1. The van der Waals surface area contributed by atoms with Crippen molar-refractivity contribution in [3.05, 3.63) is 17.5 Å². The number of hydrogen-bond acceptors (Lipinski definition) is 5. The molecule has 0 saturated heterocycles. The first-order valence-electron chi connectivity index (χ1n) is 6.39. The van der Waals surface area contributed by atoms with Crippen molar-refractivity contribution in [1.82, 2.24) is 9.29 Å². The summed E-state index contributed by atoms with van der Waals surface area (Å²) in [5.41, 5.74) is 0.709. The zero-order valence-electron chi connectivity index (χ0n) is 11.4. The van der Waals surface area contributed by atoms with E-state index in [-0.39, 0.29) is 23.8 Å². The highest BCUT2D eigenvalue weighted by Gasteiger charge is 2.32. The molecular weight excluding hydrogens is 284 g/mol. The normalized spacial score (nSPS) is 21.1. The number of nitrogens with zero attached hydrogens (tertiary/aromatic N) is 1. The van der Waals surface area contributed by atoms with Crippen molar-refractivity contribution in [2.75, 3.05) is 13.2 Å². The third kappa shape index (κ3) is 2.58. The second kappa shape index (κ2) is 5.55. The molecule has 2 heterocycles. The third-order valence-corrected chi connectivity index (χ3v) is 4.86. The molecule has 0 radical (unpaired) electrons. The Bertz CT molecular complexity index is 620. The molecule has 0 aliphatic carbocycles. The van der Waals surface area contributed by atoms with E-state index in [2.05, 4.69) is 4.72 Å². The van der Waals surface area contributed by atoms with Crippen LogP contribution in [-0.2, 0) is 28.2 Å². The number of aryl methyl sites for hydroxylation is 1. The molecule has 1 aliphatic rings. The molecule has 2 rings (SSSR count). The average molecular weight is 302 g/mol. The van der Waals surface area contributed by atoms with Crippen LogP contribution in [0.25, 0.3) is 0 Å². The van der Waals surface area contributed by atoms with Gasteiger partial charge in [0, 0.05) is 24.8 Å². The molecule has 1 atom stereocenters. The topological polar surface area (TPSA) is 97.6 Å². The van der Waals surface area contributed by atoms with Gasteiger partial charge < -0.3 is 14.4 Å². The predicted molar refractivity (Wildman–Crippen MR) is 70.9 cm³/mol. The quantitative estimate of drug-likeness (QED) is 0.753. The van der Waals surface area contributed by atoms with Crippen molar-refractivity contribution < 1.29 is 23.1 Å². The molecule has 7 nitrogen and oxygen atoms in total. The number of carbonyl (C=O) groups is 1. The average Bonchev–Trinajstić information content (AvgIpc) is 2.66. The van der Waals surface area contributed by atoms with Crippen LogP contribution in [0, 0.1) is 0 Å². The number of aliphatic hydroxyl groups excluding tert-OH is 1. The molecule has 1 aromatic rings. The maximum absolute atomic E-state index is 12.2. The molecule has 0 fully saturated rings. The number of sulfonamides is 1. The minimum absolute atomic E-state index is 0.0824. The molecule has 1 aromatic heterocycles. The highest BCUT2D eigenvalue weighted by Crippen LogP contribution is 2.27. The van der Waals surface area contributed by atoms with Gasteiger partial charge >= 0.3 is 5.97 Å². The lowest BCUT2D eigenvalue weighted by Gasteiger charge is -2.11. The summed E-state index contributed by atoms with van der Waals surface area (Å²) >= 11 is 0.